The van der Waals surface area contributed by atoms with Crippen molar-refractivity contribution in [1.82, 2.24) is 0 Å². The monoisotopic (exact) mass is 265 g/mol. The SMILES string of the molecule is C=CC.C=NCC.CC.CC.CCC.CSC. The van der Waals surface area contributed by atoms with Gasteiger partial charge in [-0.2, -0.15) is 11.8 Å². The summed E-state index contributed by atoms with van der Waals surface area (Å²) in [7, 11) is 0. The molecule has 1 nitrogen and oxygen atoms in total. The van der Waals surface area contributed by atoms with Gasteiger partial charge in [-0.1, -0.05) is 54.0 Å². The molecule has 0 saturated carbocycles. The quantitative estimate of drug-likeness (QED) is 0.397. The predicted octanol–water partition coefficient (Wildman–Crippen LogP) is 6.35. The van der Waals surface area contributed by atoms with E-state index < -0.39 is 0 Å². The Labute approximate surface area is 117 Å². The lowest BCUT2D eigenvalue weighted by Crippen LogP contribution is -1.54. The van der Waals surface area contributed by atoms with E-state index in [9.17, 15) is 0 Å². The molecule has 2 heteroatoms. The molecule has 0 aromatic carbocycles. The second kappa shape index (κ2) is 152. The fraction of sp³-hybridized carbons (Fsp3) is 0.800. The van der Waals surface area contributed by atoms with Crippen LogP contribution < -0.4 is 0 Å². The van der Waals surface area contributed by atoms with E-state index in [2.05, 4.69) is 32.1 Å². The average Bonchev–Trinajstić information content (AvgIpc) is 2.37. The van der Waals surface area contributed by atoms with E-state index in [4.69, 9.17) is 0 Å². The summed E-state index contributed by atoms with van der Waals surface area (Å²) in [4.78, 5) is 3.49. The number of allylic oxidation sites excluding steroid dienone is 1. The van der Waals surface area contributed by atoms with Crippen molar-refractivity contribution in [1.29, 1.82) is 0 Å². The Morgan fingerprint density at radius 1 is 1.00 bits per heavy atom. The van der Waals surface area contributed by atoms with Crippen molar-refractivity contribution in [3.63, 3.8) is 0 Å². The molecular weight excluding hydrogens is 226 g/mol. The zero-order valence-corrected chi connectivity index (χ0v) is 15.1. The lowest BCUT2D eigenvalue weighted by molar-refractivity contribution is 1.09. The molecule has 0 radical (unpaired) electrons. The normalized spacial score (nSPS) is 5.06. The highest BCUT2D eigenvalue weighted by molar-refractivity contribution is 7.97. The zero-order chi connectivity index (χ0) is 15.5. The lowest BCUT2D eigenvalue weighted by atomic mass is 10.6. The first-order chi connectivity index (χ1) is 8.16. The molecular formula is C15H39NS. The first-order valence-electron chi connectivity index (χ1n) is 6.56. The van der Waals surface area contributed by atoms with E-state index in [-0.39, 0.29) is 0 Å². The van der Waals surface area contributed by atoms with Gasteiger partial charge in [0.15, 0.2) is 0 Å². The number of rotatable bonds is 1. The van der Waals surface area contributed by atoms with Crippen LogP contribution in [0.3, 0.4) is 0 Å². The van der Waals surface area contributed by atoms with Gasteiger partial charge < -0.3 is 4.99 Å². The predicted molar refractivity (Wildman–Crippen MR) is 94.1 cm³/mol. The Bertz CT molecular complexity index is 61.9. The van der Waals surface area contributed by atoms with Gasteiger partial charge in [-0.05, 0) is 33.1 Å². The topological polar surface area (TPSA) is 12.4 Å². The molecule has 0 rings (SSSR count). The van der Waals surface area contributed by atoms with Crippen LogP contribution in [0.2, 0.25) is 0 Å². The maximum atomic E-state index is 3.49. The number of nitrogens with zero attached hydrogens (tertiary/aromatic N) is 1. The van der Waals surface area contributed by atoms with E-state index in [1.54, 1.807) is 17.8 Å². The minimum Gasteiger partial charge on any atom is -0.301 e. The number of hydrogen-bond acceptors (Lipinski definition) is 2. The minimum atomic E-state index is 0.833. The minimum absolute atomic E-state index is 0.833. The third-order valence-corrected chi connectivity index (χ3v) is 0.224. The Balaban J connectivity index is -0.0000000218. The summed E-state index contributed by atoms with van der Waals surface area (Å²) in [5, 5.41) is 0. The number of hydrogen-bond donors (Lipinski definition) is 0. The molecule has 0 aromatic heterocycles. The zero-order valence-electron chi connectivity index (χ0n) is 14.3. The van der Waals surface area contributed by atoms with Crippen molar-refractivity contribution in [3.05, 3.63) is 12.7 Å². The molecule has 0 saturated heterocycles. The van der Waals surface area contributed by atoms with E-state index in [0.717, 1.165) is 6.54 Å². The average molecular weight is 266 g/mol. The van der Waals surface area contributed by atoms with Crippen LogP contribution in [0.1, 0.15) is 61.8 Å². The molecule has 110 valence electrons. The van der Waals surface area contributed by atoms with Crippen LogP contribution in [0.5, 0.6) is 0 Å². The van der Waals surface area contributed by atoms with Crippen LogP contribution in [-0.4, -0.2) is 25.8 Å². The molecule has 0 aliphatic rings. The van der Waals surface area contributed by atoms with Gasteiger partial charge in [0.25, 0.3) is 0 Å². The molecule has 0 bridgehead atoms. The van der Waals surface area contributed by atoms with E-state index in [1.165, 1.54) is 6.42 Å². The summed E-state index contributed by atoms with van der Waals surface area (Å²) < 4.78 is 0. The van der Waals surface area contributed by atoms with Crippen LogP contribution >= 0.6 is 11.8 Å². The Kier molecular flexibility index (Phi) is 320. The molecule has 0 aliphatic heterocycles. The highest BCUT2D eigenvalue weighted by Crippen LogP contribution is 1.70. The highest BCUT2D eigenvalue weighted by Gasteiger charge is 1.43. The summed E-state index contributed by atoms with van der Waals surface area (Å²) in [5.41, 5.74) is 0. The van der Waals surface area contributed by atoms with Gasteiger partial charge in [0.05, 0.1) is 0 Å². The fourth-order valence-corrected chi connectivity index (χ4v) is 0. The fourth-order valence-electron chi connectivity index (χ4n) is 0. The van der Waals surface area contributed by atoms with Crippen LogP contribution in [0.4, 0.5) is 0 Å². The molecule has 0 unspecified atom stereocenters. The van der Waals surface area contributed by atoms with Gasteiger partial charge in [-0.25, -0.2) is 0 Å². The van der Waals surface area contributed by atoms with Gasteiger partial charge in [-0.3, -0.25) is 0 Å². The van der Waals surface area contributed by atoms with Crippen molar-refractivity contribution in [2.24, 2.45) is 4.99 Å². The molecule has 17 heavy (non-hydrogen) atoms. The summed E-state index contributed by atoms with van der Waals surface area (Å²) in [6.07, 6.45) is 7.08. The van der Waals surface area contributed by atoms with Crippen LogP contribution in [0.25, 0.3) is 0 Å². The number of aliphatic imine (C=N–C) groups is 1. The Hall–Kier alpha value is -0.240. The summed E-state index contributed by atoms with van der Waals surface area (Å²) in [6.45, 7) is 23.5. The van der Waals surface area contributed by atoms with Crippen LogP contribution in [-0.2, 0) is 0 Å². The molecule has 0 fully saturated rings. The van der Waals surface area contributed by atoms with Gasteiger partial charge in [0.1, 0.15) is 0 Å². The van der Waals surface area contributed by atoms with Crippen molar-refractivity contribution in [3.8, 4) is 0 Å². The van der Waals surface area contributed by atoms with Gasteiger partial charge in [0.2, 0.25) is 0 Å². The van der Waals surface area contributed by atoms with E-state index in [1.807, 2.05) is 54.1 Å². The lowest BCUT2D eigenvalue weighted by Gasteiger charge is -1.61. The van der Waals surface area contributed by atoms with E-state index >= 15 is 0 Å². The second-order valence-electron chi connectivity index (χ2n) is 2.06. The molecule has 0 amide bonds. The summed E-state index contributed by atoms with van der Waals surface area (Å²) in [6, 6.07) is 0. The standard InChI is InChI=1S/C3H7N.C3H8.C3H6.C2H6S.2C2H6/c1-3-4-2;3*1-3-2;2*1-2/h2-3H2,1H3;3H2,1-2H3;3H,1H2,2H3;1-2H3;2*1-2H3. The van der Waals surface area contributed by atoms with Crippen LogP contribution in [0, 0.1) is 0 Å². The largest absolute Gasteiger partial charge is 0.301 e. The van der Waals surface area contributed by atoms with Gasteiger partial charge in [0, 0.05) is 6.54 Å². The Morgan fingerprint density at radius 3 is 1.06 bits per heavy atom. The maximum Gasteiger partial charge on any atom is 0.0353 e. The van der Waals surface area contributed by atoms with Crippen molar-refractivity contribution >= 4 is 18.5 Å². The molecule has 0 aromatic rings. The third-order valence-electron chi connectivity index (χ3n) is 0.224. The van der Waals surface area contributed by atoms with Crippen molar-refractivity contribution in [2.75, 3.05) is 19.1 Å². The summed E-state index contributed by atoms with van der Waals surface area (Å²) >= 11 is 1.75. The molecule has 0 heterocycles. The van der Waals surface area contributed by atoms with Crippen LogP contribution in [0.15, 0.2) is 17.6 Å². The summed E-state index contributed by atoms with van der Waals surface area (Å²) in [5.74, 6) is 0. The van der Waals surface area contributed by atoms with Crippen molar-refractivity contribution in [2.45, 2.75) is 61.8 Å². The van der Waals surface area contributed by atoms with Crippen molar-refractivity contribution < 1.29 is 0 Å². The number of thioether (sulfide) groups is 1. The maximum absolute atomic E-state index is 3.49. The highest BCUT2D eigenvalue weighted by atomic mass is 32.2. The first-order valence-corrected chi connectivity index (χ1v) is 8.19. The second-order valence-corrected chi connectivity index (χ2v) is 2.88. The third kappa shape index (κ3) is 5170. The molecule has 0 spiro atoms. The van der Waals surface area contributed by atoms with Gasteiger partial charge in [-0.15, -0.1) is 6.58 Å². The molecule has 0 N–H and O–H groups in total. The van der Waals surface area contributed by atoms with E-state index in [0.29, 0.717) is 0 Å². The first kappa shape index (κ1) is 36.0. The Morgan fingerprint density at radius 2 is 1.06 bits per heavy atom. The molecule has 0 atom stereocenters. The van der Waals surface area contributed by atoms with Gasteiger partial charge >= 0.3 is 0 Å². The smallest absolute Gasteiger partial charge is 0.0353 e. The molecule has 0 aliphatic carbocycles.